The Hall–Kier alpha value is -3.94. The van der Waals surface area contributed by atoms with Crippen molar-refractivity contribution in [3.8, 4) is 0 Å². The van der Waals surface area contributed by atoms with Crippen molar-refractivity contribution in [3.05, 3.63) is 41.6 Å². The maximum atomic E-state index is 13.0. The number of hydrogen-bond donors (Lipinski definition) is 3. The number of carboxylic acid groups (broad SMARTS) is 1. The number of aryl methyl sites for hydroxylation is 2. The first-order chi connectivity index (χ1) is 17.0. The van der Waals surface area contributed by atoms with Crippen molar-refractivity contribution in [2.45, 2.75) is 26.4 Å². The maximum absolute atomic E-state index is 13.0. The van der Waals surface area contributed by atoms with E-state index in [1.165, 1.54) is 5.69 Å². The molecule has 2 aliphatic heterocycles. The van der Waals surface area contributed by atoms with Crippen LogP contribution in [0, 0.1) is 13.8 Å². The SMILES string of the molecule is Cc1cn2cc(NC(=O)N3CCc4c(N5CCNCC5)ccnc43)nc(C)c2n1.O=C(O)C(F)(F)F. The lowest BCUT2D eigenvalue weighted by atomic mass is 10.1. The Morgan fingerprint density at radius 1 is 1.11 bits per heavy atom. The van der Waals surface area contributed by atoms with E-state index in [2.05, 4.69) is 36.6 Å². The number of anilines is 3. The van der Waals surface area contributed by atoms with Crippen molar-refractivity contribution < 1.29 is 27.9 Å². The predicted molar refractivity (Wildman–Crippen MR) is 126 cm³/mol. The van der Waals surface area contributed by atoms with E-state index >= 15 is 0 Å². The Morgan fingerprint density at radius 3 is 2.47 bits per heavy atom. The summed E-state index contributed by atoms with van der Waals surface area (Å²) in [6.45, 7) is 8.33. The molecular formula is C22H25F3N8O3. The fraction of sp³-hybridized carbons (Fsp3) is 0.409. The van der Waals surface area contributed by atoms with Gasteiger partial charge in [-0.2, -0.15) is 13.2 Å². The second-order valence-corrected chi connectivity index (χ2v) is 8.33. The summed E-state index contributed by atoms with van der Waals surface area (Å²) in [7, 11) is 0. The number of rotatable bonds is 2. The predicted octanol–water partition coefficient (Wildman–Crippen LogP) is 2.38. The van der Waals surface area contributed by atoms with E-state index in [1.54, 1.807) is 17.3 Å². The monoisotopic (exact) mass is 506 g/mol. The molecule has 0 spiro atoms. The van der Waals surface area contributed by atoms with Crippen LogP contribution in [-0.2, 0) is 11.2 Å². The number of carboxylic acids is 1. The van der Waals surface area contributed by atoms with Gasteiger partial charge >= 0.3 is 18.2 Å². The van der Waals surface area contributed by atoms with Crippen LogP contribution in [0.4, 0.5) is 35.3 Å². The number of alkyl halides is 3. The molecule has 0 aliphatic carbocycles. The number of amides is 2. The van der Waals surface area contributed by atoms with Gasteiger partial charge in [0, 0.05) is 56.4 Å². The average Bonchev–Trinajstić information content (AvgIpc) is 3.42. The summed E-state index contributed by atoms with van der Waals surface area (Å²) >= 11 is 0. The number of pyridine rings is 1. The zero-order chi connectivity index (χ0) is 26.0. The number of imidazole rings is 1. The van der Waals surface area contributed by atoms with Crippen molar-refractivity contribution in [3.63, 3.8) is 0 Å². The van der Waals surface area contributed by atoms with E-state index in [0.717, 1.165) is 61.0 Å². The third kappa shape index (κ3) is 5.32. The highest BCUT2D eigenvalue weighted by Crippen LogP contribution is 2.34. The minimum Gasteiger partial charge on any atom is -0.475 e. The number of aromatic nitrogens is 4. The second kappa shape index (κ2) is 9.97. The van der Waals surface area contributed by atoms with Gasteiger partial charge in [-0.3, -0.25) is 10.2 Å². The van der Waals surface area contributed by atoms with Gasteiger partial charge in [-0.25, -0.2) is 24.5 Å². The summed E-state index contributed by atoms with van der Waals surface area (Å²) in [5, 5.41) is 13.4. The molecule has 0 aromatic carbocycles. The second-order valence-electron chi connectivity index (χ2n) is 8.33. The Balaban J connectivity index is 0.000000384. The van der Waals surface area contributed by atoms with Gasteiger partial charge in [0.15, 0.2) is 11.5 Å². The number of hydrogen-bond acceptors (Lipinski definition) is 7. The van der Waals surface area contributed by atoms with Crippen LogP contribution < -0.4 is 20.4 Å². The van der Waals surface area contributed by atoms with Crippen molar-refractivity contribution in [2.75, 3.05) is 47.8 Å². The first-order valence-corrected chi connectivity index (χ1v) is 11.2. The summed E-state index contributed by atoms with van der Waals surface area (Å²) in [4.78, 5) is 39.4. The average molecular weight is 506 g/mol. The number of carbonyl (C=O) groups is 2. The van der Waals surface area contributed by atoms with Gasteiger partial charge in [0.2, 0.25) is 0 Å². The topological polar surface area (TPSA) is 128 Å². The number of halogens is 3. The molecule has 0 radical (unpaired) electrons. The molecule has 0 unspecified atom stereocenters. The molecule has 5 heterocycles. The number of nitrogens with one attached hydrogen (secondary N) is 2. The molecule has 0 atom stereocenters. The third-order valence-electron chi connectivity index (χ3n) is 5.76. The first kappa shape index (κ1) is 25.2. The fourth-order valence-electron chi connectivity index (χ4n) is 4.18. The standard InChI is InChI=1S/C20H24N8O.C2HF3O2/c1-13-11-27-12-17(24-14(2)18(27)23-13)25-20(29)28-8-4-15-16(3-5-22-19(15)28)26-9-6-21-7-10-26;3-2(4,5)1(6)7/h3,5,11-12,21H,4,6-10H2,1-2H3,(H,25,29);(H,6,7). The van der Waals surface area contributed by atoms with Crippen LogP contribution in [0.15, 0.2) is 24.7 Å². The highest BCUT2D eigenvalue weighted by atomic mass is 19.4. The molecule has 3 aromatic rings. The third-order valence-corrected chi connectivity index (χ3v) is 5.76. The van der Waals surface area contributed by atoms with Gasteiger partial charge in [0.1, 0.15) is 5.82 Å². The number of piperazine rings is 1. The van der Waals surface area contributed by atoms with Crippen LogP contribution in [-0.4, -0.2) is 75.4 Å². The van der Waals surface area contributed by atoms with Crippen molar-refractivity contribution in [1.29, 1.82) is 0 Å². The molecule has 36 heavy (non-hydrogen) atoms. The number of urea groups is 1. The number of nitrogens with zero attached hydrogens (tertiary/aromatic N) is 6. The van der Waals surface area contributed by atoms with Gasteiger partial charge in [0.05, 0.1) is 17.6 Å². The zero-order valence-corrected chi connectivity index (χ0v) is 19.6. The zero-order valence-electron chi connectivity index (χ0n) is 19.6. The van der Waals surface area contributed by atoms with E-state index in [-0.39, 0.29) is 6.03 Å². The first-order valence-electron chi connectivity index (χ1n) is 11.2. The van der Waals surface area contributed by atoms with Gasteiger partial charge < -0.3 is 19.7 Å². The highest BCUT2D eigenvalue weighted by molar-refractivity contribution is 6.02. The Labute approximate surface area is 204 Å². The molecule has 14 heteroatoms. The van der Waals surface area contributed by atoms with E-state index in [0.29, 0.717) is 12.4 Å². The minimum absolute atomic E-state index is 0.211. The summed E-state index contributed by atoms with van der Waals surface area (Å²) in [6, 6.07) is 1.85. The molecule has 2 amide bonds. The summed E-state index contributed by atoms with van der Waals surface area (Å²) < 4.78 is 33.6. The molecule has 2 aliphatic rings. The summed E-state index contributed by atoms with van der Waals surface area (Å²) in [5.41, 5.74) is 4.83. The molecule has 0 bridgehead atoms. The van der Waals surface area contributed by atoms with E-state index in [4.69, 9.17) is 9.90 Å². The highest BCUT2D eigenvalue weighted by Gasteiger charge is 2.38. The van der Waals surface area contributed by atoms with Gasteiger partial charge in [-0.15, -0.1) is 0 Å². The maximum Gasteiger partial charge on any atom is 0.490 e. The van der Waals surface area contributed by atoms with Gasteiger partial charge in [-0.05, 0) is 26.3 Å². The quantitative estimate of drug-likeness (QED) is 0.484. The Kier molecular flexibility index (Phi) is 6.97. The molecule has 1 fully saturated rings. The summed E-state index contributed by atoms with van der Waals surface area (Å²) in [6.07, 6.45) is 1.24. The van der Waals surface area contributed by atoms with Crippen LogP contribution in [0.5, 0.6) is 0 Å². The fourth-order valence-corrected chi connectivity index (χ4v) is 4.18. The van der Waals surface area contributed by atoms with Crippen molar-refractivity contribution in [2.24, 2.45) is 0 Å². The molecule has 3 aromatic heterocycles. The summed E-state index contributed by atoms with van der Waals surface area (Å²) in [5.74, 6) is -1.51. The van der Waals surface area contributed by atoms with Gasteiger partial charge in [0.25, 0.3) is 0 Å². The van der Waals surface area contributed by atoms with Crippen LogP contribution in [0.1, 0.15) is 17.0 Å². The smallest absolute Gasteiger partial charge is 0.475 e. The lowest BCUT2D eigenvalue weighted by molar-refractivity contribution is -0.192. The van der Waals surface area contributed by atoms with Crippen molar-refractivity contribution >= 4 is 35.0 Å². The number of fused-ring (bicyclic) bond motifs is 2. The van der Waals surface area contributed by atoms with Gasteiger partial charge in [-0.1, -0.05) is 0 Å². The van der Waals surface area contributed by atoms with Crippen LogP contribution >= 0.6 is 0 Å². The molecular weight excluding hydrogens is 481 g/mol. The van der Waals surface area contributed by atoms with E-state index in [1.807, 2.05) is 24.4 Å². The Morgan fingerprint density at radius 2 is 1.81 bits per heavy atom. The molecule has 192 valence electrons. The minimum atomic E-state index is -5.08. The molecule has 3 N–H and O–H groups in total. The van der Waals surface area contributed by atoms with Crippen molar-refractivity contribution in [1.82, 2.24) is 24.7 Å². The van der Waals surface area contributed by atoms with Crippen LogP contribution in [0.25, 0.3) is 5.65 Å². The lowest BCUT2D eigenvalue weighted by Crippen LogP contribution is -2.43. The molecule has 11 nitrogen and oxygen atoms in total. The molecule has 5 rings (SSSR count). The lowest BCUT2D eigenvalue weighted by Gasteiger charge is -2.30. The normalized spacial score (nSPS) is 15.4. The van der Waals surface area contributed by atoms with E-state index < -0.39 is 12.1 Å². The van der Waals surface area contributed by atoms with Crippen LogP contribution in [0.2, 0.25) is 0 Å². The number of aliphatic carboxylic acids is 1. The van der Waals surface area contributed by atoms with E-state index in [9.17, 15) is 18.0 Å². The van der Waals surface area contributed by atoms with Crippen LogP contribution in [0.3, 0.4) is 0 Å². The molecule has 1 saturated heterocycles. The number of carbonyl (C=O) groups excluding carboxylic acids is 1. The molecule has 0 saturated carbocycles. The largest absolute Gasteiger partial charge is 0.490 e. The Bertz CT molecular complexity index is 1290.